The molecule has 2 aromatic carbocycles. The number of carbonyl (C=O) groups is 1. The average Bonchev–Trinajstić information content (AvgIpc) is 3.13. The maximum Gasteiger partial charge on any atom is 0.251 e. The number of fused-ring (bicyclic) bond motifs is 1. The number of thiazole rings is 1. The van der Waals surface area contributed by atoms with Crippen molar-refractivity contribution in [2.24, 2.45) is 0 Å². The number of rotatable bonds is 5. The molecule has 0 bridgehead atoms. The maximum atomic E-state index is 12.2. The third kappa shape index (κ3) is 4.71. The van der Waals surface area contributed by atoms with Crippen LogP contribution in [0.5, 0.6) is 0 Å². The number of carbonyl (C=O) groups excluding carboxylic acids is 1. The zero-order valence-electron chi connectivity index (χ0n) is 16.7. The summed E-state index contributed by atoms with van der Waals surface area (Å²) < 4.78 is 1.27. The number of hydrogen-bond acceptors (Lipinski definition) is 5. The van der Waals surface area contributed by atoms with Gasteiger partial charge >= 0.3 is 0 Å². The Balaban J connectivity index is 1.27. The van der Waals surface area contributed by atoms with Crippen molar-refractivity contribution in [3.8, 4) is 0 Å². The van der Waals surface area contributed by atoms with Gasteiger partial charge in [-0.15, -0.1) is 0 Å². The summed E-state index contributed by atoms with van der Waals surface area (Å²) in [5, 5.41) is 4.67. The predicted molar refractivity (Wildman–Crippen MR) is 122 cm³/mol. The number of amides is 1. The quantitative estimate of drug-likeness (QED) is 0.664. The second kappa shape index (κ2) is 8.69. The standard InChI is InChI=1S/C22H25ClN4OS/c1-15-12-16(2)20-19(13-15)29-22(25-20)27-10-8-26(9-11-27)7-6-24-21(28)17-4-3-5-18(23)14-17/h3-5,12-14H,6-11H2,1-2H3,(H,24,28). The Kier molecular flexibility index (Phi) is 6.04. The molecular formula is C22H25ClN4OS. The van der Waals surface area contributed by atoms with E-state index in [2.05, 4.69) is 41.1 Å². The molecule has 2 heterocycles. The van der Waals surface area contributed by atoms with Crippen molar-refractivity contribution in [3.63, 3.8) is 0 Å². The van der Waals surface area contributed by atoms with Gasteiger partial charge in [-0.1, -0.05) is 35.1 Å². The summed E-state index contributed by atoms with van der Waals surface area (Å²) in [6.45, 7) is 9.61. The van der Waals surface area contributed by atoms with Crippen molar-refractivity contribution < 1.29 is 4.79 Å². The first-order valence-corrected chi connectivity index (χ1v) is 11.1. The van der Waals surface area contributed by atoms with Gasteiger partial charge in [-0.05, 0) is 49.2 Å². The van der Waals surface area contributed by atoms with Crippen molar-refractivity contribution >= 4 is 44.2 Å². The number of nitrogens with one attached hydrogen (secondary N) is 1. The van der Waals surface area contributed by atoms with Crippen LogP contribution in [0.15, 0.2) is 36.4 Å². The molecule has 1 fully saturated rings. The topological polar surface area (TPSA) is 48.5 Å². The molecule has 1 saturated heterocycles. The van der Waals surface area contributed by atoms with Gasteiger partial charge in [0.2, 0.25) is 0 Å². The highest BCUT2D eigenvalue weighted by molar-refractivity contribution is 7.22. The molecule has 1 N–H and O–H groups in total. The molecule has 3 aromatic rings. The van der Waals surface area contributed by atoms with E-state index in [1.165, 1.54) is 15.8 Å². The Morgan fingerprint density at radius 2 is 1.97 bits per heavy atom. The van der Waals surface area contributed by atoms with Crippen LogP contribution in [0, 0.1) is 13.8 Å². The average molecular weight is 429 g/mol. The van der Waals surface area contributed by atoms with Gasteiger partial charge in [0.05, 0.1) is 10.2 Å². The van der Waals surface area contributed by atoms with Crippen molar-refractivity contribution in [1.29, 1.82) is 0 Å². The first-order valence-electron chi connectivity index (χ1n) is 9.88. The van der Waals surface area contributed by atoms with E-state index in [1.807, 2.05) is 0 Å². The number of piperazine rings is 1. The van der Waals surface area contributed by atoms with E-state index in [9.17, 15) is 4.79 Å². The molecule has 4 rings (SSSR count). The third-order valence-electron chi connectivity index (χ3n) is 5.26. The first kappa shape index (κ1) is 20.1. The number of halogens is 1. The predicted octanol–water partition coefficient (Wildman–Crippen LogP) is 4.12. The van der Waals surface area contributed by atoms with Crippen LogP contribution in [0.3, 0.4) is 0 Å². The van der Waals surface area contributed by atoms with Gasteiger partial charge in [0, 0.05) is 49.9 Å². The molecule has 0 unspecified atom stereocenters. The van der Waals surface area contributed by atoms with E-state index in [1.54, 1.807) is 35.6 Å². The molecule has 1 aromatic heterocycles. The third-order valence-corrected chi connectivity index (χ3v) is 6.56. The summed E-state index contributed by atoms with van der Waals surface area (Å²) in [4.78, 5) is 21.9. The van der Waals surface area contributed by atoms with E-state index in [-0.39, 0.29) is 5.91 Å². The van der Waals surface area contributed by atoms with E-state index in [4.69, 9.17) is 16.6 Å². The Labute approximate surface area is 180 Å². The van der Waals surface area contributed by atoms with Crippen molar-refractivity contribution in [3.05, 3.63) is 58.1 Å². The highest BCUT2D eigenvalue weighted by Crippen LogP contribution is 2.32. The van der Waals surface area contributed by atoms with E-state index in [0.29, 0.717) is 17.1 Å². The van der Waals surface area contributed by atoms with Crippen LogP contribution in [-0.2, 0) is 0 Å². The molecule has 1 aliphatic rings. The highest BCUT2D eigenvalue weighted by atomic mass is 35.5. The number of anilines is 1. The molecular weight excluding hydrogens is 404 g/mol. The molecule has 5 nitrogen and oxygen atoms in total. The smallest absolute Gasteiger partial charge is 0.251 e. The zero-order valence-corrected chi connectivity index (χ0v) is 18.3. The van der Waals surface area contributed by atoms with Gasteiger partial charge in [0.25, 0.3) is 5.91 Å². The lowest BCUT2D eigenvalue weighted by Crippen LogP contribution is -2.48. The van der Waals surface area contributed by atoms with Gasteiger partial charge < -0.3 is 10.2 Å². The van der Waals surface area contributed by atoms with Crippen molar-refractivity contribution in [2.75, 3.05) is 44.2 Å². The minimum absolute atomic E-state index is 0.0775. The largest absolute Gasteiger partial charge is 0.351 e. The molecule has 0 radical (unpaired) electrons. The Morgan fingerprint density at radius 3 is 2.72 bits per heavy atom. The molecule has 0 atom stereocenters. The van der Waals surface area contributed by atoms with Crippen LogP contribution in [0.25, 0.3) is 10.2 Å². The van der Waals surface area contributed by atoms with Gasteiger partial charge in [0.15, 0.2) is 5.13 Å². The Morgan fingerprint density at radius 1 is 1.17 bits per heavy atom. The Hall–Kier alpha value is -2.15. The molecule has 29 heavy (non-hydrogen) atoms. The minimum Gasteiger partial charge on any atom is -0.351 e. The lowest BCUT2D eigenvalue weighted by molar-refractivity contribution is 0.0948. The number of aryl methyl sites for hydroxylation is 2. The minimum atomic E-state index is -0.0775. The van der Waals surface area contributed by atoms with E-state index < -0.39 is 0 Å². The lowest BCUT2D eigenvalue weighted by atomic mass is 10.1. The molecule has 0 aliphatic carbocycles. The van der Waals surface area contributed by atoms with Crippen molar-refractivity contribution in [2.45, 2.75) is 13.8 Å². The van der Waals surface area contributed by atoms with E-state index in [0.717, 1.165) is 43.4 Å². The number of hydrogen-bond donors (Lipinski definition) is 1. The van der Waals surface area contributed by atoms with Crippen LogP contribution in [0.2, 0.25) is 5.02 Å². The summed E-state index contributed by atoms with van der Waals surface area (Å²) in [7, 11) is 0. The fourth-order valence-corrected chi connectivity index (χ4v) is 5.10. The van der Waals surface area contributed by atoms with Gasteiger partial charge in [-0.3, -0.25) is 9.69 Å². The second-order valence-electron chi connectivity index (χ2n) is 7.52. The first-order chi connectivity index (χ1) is 14.0. The lowest BCUT2D eigenvalue weighted by Gasteiger charge is -2.34. The highest BCUT2D eigenvalue weighted by Gasteiger charge is 2.20. The van der Waals surface area contributed by atoms with Crippen LogP contribution >= 0.6 is 22.9 Å². The SMILES string of the molecule is Cc1cc(C)c2nc(N3CCN(CCNC(=O)c4cccc(Cl)c4)CC3)sc2c1. The molecule has 0 saturated carbocycles. The molecule has 1 aliphatic heterocycles. The zero-order chi connectivity index (χ0) is 20.4. The van der Waals surface area contributed by atoms with Gasteiger partial charge in [0.1, 0.15) is 0 Å². The summed E-state index contributed by atoms with van der Waals surface area (Å²) in [6, 6.07) is 11.5. The fraction of sp³-hybridized carbons (Fsp3) is 0.364. The van der Waals surface area contributed by atoms with Gasteiger partial charge in [-0.25, -0.2) is 4.98 Å². The molecule has 152 valence electrons. The number of aromatic nitrogens is 1. The molecule has 1 amide bonds. The summed E-state index contributed by atoms with van der Waals surface area (Å²) in [5.74, 6) is -0.0775. The van der Waals surface area contributed by atoms with Crippen LogP contribution in [-0.4, -0.2) is 55.1 Å². The summed E-state index contributed by atoms with van der Waals surface area (Å²) >= 11 is 7.74. The van der Waals surface area contributed by atoms with Crippen LogP contribution < -0.4 is 10.2 Å². The van der Waals surface area contributed by atoms with Gasteiger partial charge in [-0.2, -0.15) is 0 Å². The van der Waals surface area contributed by atoms with Crippen molar-refractivity contribution in [1.82, 2.24) is 15.2 Å². The van der Waals surface area contributed by atoms with Crippen LogP contribution in [0.1, 0.15) is 21.5 Å². The van der Waals surface area contributed by atoms with E-state index >= 15 is 0 Å². The van der Waals surface area contributed by atoms with Crippen LogP contribution in [0.4, 0.5) is 5.13 Å². The maximum absolute atomic E-state index is 12.2. The number of benzene rings is 2. The normalized spacial score (nSPS) is 15.1. The summed E-state index contributed by atoms with van der Waals surface area (Å²) in [6.07, 6.45) is 0. The molecule has 0 spiro atoms. The monoisotopic (exact) mass is 428 g/mol. The fourth-order valence-electron chi connectivity index (χ4n) is 3.72. The Bertz CT molecular complexity index is 1030. The number of nitrogens with zero attached hydrogens (tertiary/aromatic N) is 3. The second-order valence-corrected chi connectivity index (χ2v) is 8.97. The molecule has 7 heteroatoms. The summed E-state index contributed by atoms with van der Waals surface area (Å²) in [5.41, 5.74) is 4.26.